The lowest BCUT2D eigenvalue weighted by Gasteiger charge is -2.20. The maximum Gasteiger partial charge on any atom is 0.349 e. The van der Waals surface area contributed by atoms with Gasteiger partial charge in [0.1, 0.15) is 10.7 Å². The van der Waals surface area contributed by atoms with Gasteiger partial charge in [0.15, 0.2) is 6.10 Å². The van der Waals surface area contributed by atoms with Crippen LogP contribution in [-0.4, -0.2) is 36.5 Å². The number of fused-ring (bicyclic) bond motifs is 1. The van der Waals surface area contributed by atoms with Crippen molar-refractivity contribution in [2.75, 3.05) is 13.6 Å². The predicted molar refractivity (Wildman–Crippen MR) is 89.3 cm³/mol. The third kappa shape index (κ3) is 3.54. The highest BCUT2D eigenvalue weighted by molar-refractivity contribution is 7.21. The minimum absolute atomic E-state index is 0.206. The Morgan fingerprint density at radius 2 is 2.17 bits per heavy atom. The lowest BCUT2D eigenvalue weighted by Crippen LogP contribution is -2.37. The minimum atomic E-state index is -0.976. The van der Waals surface area contributed by atoms with E-state index in [2.05, 4.69) is 0 Å². The van der Waals surface area contributed by atoms with Crippen molar-refractivity contribution in [2.24, 2.45) is 0 Å². The number of ether oxygens (including phenoxy) is 1. The van der Waals surface area contributed by atoms with E-state index in [0.29, 0.717) is 15.6 Å². The van der Waals surface area contributed by atoms with Crippen molar-refractivity contribution in [3.8, 4) is 6.07 Å². The summed E-state index contributed by atoms with van der Waals surface area (Å²) in [7, 11) is 1.55. The molecule has 0 spiro atoms. The van der Waals surface area contributed by atoms with Gasteiger partial charge in [0.05, 0.1) is 12.5 Å². The van der Waals surface area contributed by atoms with Gasteiger partial charge >= 0.3 is 5.97 Å². The number of rotatable bonds is 5. The first-order valence-electron chi connectivity index (χ1n) is 7.37. The highest BCUT2D eigenvalue weighted by atomic mass is 32.1. The van der Waals surface area contributed by atoms with Crippen LogP contribution in [0.25, 0.3) is 10.1 Å². The molecule has 1 aromatic heterocycles. The number of likely N-dealkylation sites (N-methyl/N-ethyl adjacent to an activating group) is 1. The van der Waals surface area contributed by atoms with Crippen LogP contribution in [0.15, 0.2) is 18.2 Å². The van der Waals surface area contributed by atoms with Crippen molar-refractivity contribution >= 4 is 33.3 Å². The van der Waals surface area contributed by atoms with Gasteiger partial charge in [-0.05, 0) is 31.5 Å². The Hall–Kier alpha value is -2.46. The Morgan fingerprint density at radius 3 is 2.79 bits per heavy atom. The molecule has 0 saturated carbocycles. The second kappa shape index (κ2) is 7.41. The lowest BCUT2D eigenvalue weighted by atomic mass is 10.1. The number of carbonyl (C=O) groups excluding carboxylic acids is 2. The number of nitrogens with zero attached hydrogens (tertiary/aromatic N) is 2. The Kier molecular flexibility index (Phi) is 5.52. The summed E-state index contributed by atoms with van der Waals surface area (Å²) in [4.78, 5) is 26.1. The molecule has 2 rings (SSSR count). The van der Waals surface area contributed by atoms with Gasteiger partial charge in [0.2, 0.25) is 0 Å². The monoisotopic (exact) mass is 348 g/mol. The summed E-state index contributed by atoms with van der Waals surface area (Å²) in [6.45, 7) is 3.40. The SMILES string of the molecule is Cc1c(C(=O)O[C@@H](C)C(=O)N(C)CCC#N)sc2cccc(F)c12. The van der Waals surface area contributed by atoms with Crippen LogP contribution in [0, 0.1) is 24.1 Å². The van der Waals surface area contributed by atoms with Crippen LogP contribution in [0.4, 0.5) is 4.39 Å². The van der Waals surface area contributed by atoms with Gasteiger partial charge in [0.25, 0.3) is 5.91 Å². The van der Waals surface area contributed by atoms with Crippen LogP contribution >= 0.6 is 11.3 Å². The molecular formula is C17H17FN2O3S. The minimum Gasteiger partial charge on any atom is -0.448 e. The molecule has 0 aliphatic carbocycles. The zero-order valence-electron chi connectivity index (χ0n) is 13.6. The average molecular weight is 348 g/mol. The van der Waals surface area contributed by atoms with E-state index in [4.69, 9.17) is 10.00 Å². The number of amides is 1. The predicted octanol–water partition coefficient (Wildman–Crippen LogP) is 3.27. The van der Waals surface area contributed by atoms with Gasteiger partial charge < -0.3 is 9.64 Å². The molecule has 1 heterocycles. The number of halogens is 1. The molecule has 1 atom stereocenters. The number of hydrogen-bond donors (Lipinski definition) is 0. The maximum absolute atomic E-state index is 13.9. The van der Waals surface area contributed by atoms with Crippen LogP contribution in [0.2, 0.25) is 0 Å². The van der Waals surface area contributed by atoms with E-state index >= 15 is 0 Å². The molecule has 2 aromatic rings. The number of thiophene rings is 1. The van der Waals surface area contributed by atoms with Crippen LogP contribution in [0.3, 0.4) is 0 Å². The van der Waals surface area contributed by atoms with Gasteiger partial charge in [-0.25, -0.2) is 9.18 Å². The van der Waals surface area contributed by atoms with Gasteiger partial charge in [-0.1, -0.05) is 6.07 Å². The molecule has 0 aliphatic heterocycles. The summed E-state index contributed by atoms with van der Waals surface area (Å²) in [5.41, 5.74) is 0.510. The van der Waals surface area contributed by atoms with E-state index in [0.717, 1.165) is 11.3 Å². The molecular weight excluding hydrogens is 331 g/mol. The van der Waals surface area contributed by atoms with Crippen LogP contribution < -0.4 is 0 Å². The third-order valence-electron chi connectivity index (χ3n) is 3.66. The number of benzene rings is 1. The first kappa shape index (κ1) is 17.9. The van der Waals surface area contributed by atoms with Crippen molar-refractivity contribution in [3.05, 3.63) is 34.5 Å². The summed E-state index contributed by atoms with van der Waals surface area (Å²) in [6.07, 6.45) is -0.770. The fourth-order valence-corrected chi connectivity index (χ4v) is 3.46. The van der Waals surface area contributed by atoms with Gasteiger partial charge in [0, 0.05) is 23.7 Å². The fourth-order valence-electron chi connectivity index (χ4n) is 2.35. The fraction of sp³-hybridized carbons (Fsp3) is 0.353. The Labute approximate surface area is 143 Å². The van der Waals surface area contributed by atoms with E-state index in [1.165, 1.54) is 17.9 Å². The second-order valence-corrected chi connectivity index (χ2v) is 6.44. The highest BCUT2D eigenvalue weighted by Crippen LogP contribution is 2.33. The topological polar surface area (TPSA) is 70.4 Å². The molecule has 0 saturated heterocycles. The number of hydrogen-bond acceptors (Lipinski definition) is 5. The van der Waals surface area contributed by atoms with Crippen molar-refractivity contribution in [1.29, 1.82) is 5.26 Å². The smallest absolute Gasteiger partial charge is 0.349 e. The number of carbonyl (C=O) groups is 2. The van der Waals surface area contributed by atoms with E-state index in [9.17, 15) is 14.0 Å². The van der Waals surface area contributed by atoms with E-state index < -0.39 is 12.1 Å². The van der Waals surface area contributed by atoms with Gasteiger partial charge in [-0.3, -0.25) is 4.79 Å². The van der Waals surface area contributed by atoms with Crippen LogP contribution in [-0.2, 0) is 9.53 Å². The Morgan fingerprint density at radius 1 is 1.46 bits per heavy atom. The number of esters is 1. The summed E-state index contributed by atoms with van der Waals surface area (Å²) < 4.78 is 19.8. The van der Waals surface area contributed by atoms with Crippen LogP contribution in [0.5, 0.6) is 0 Å². The molecule has 0 unspecified atom stereocenters. The standard InChI is InChI=1S/C17H17FN2O3S/c1-10-14-12(18)6-4-7-13(14)24-15(10)17(22)23-11(2)16(21)20(3)9-5-8-19/h4,6-7,11H,5,9H2,1-3H3/t11-/m0/s1. The number of nitriles is 1. The normalized spacial score (nSPS) is 11.8. The zero-order valence-corrected chi connectivity index (χ0v) is 14.4. The van der Waals surface area contributed by atoms with E-state index in [-0.39, 0.29) is 29.6 Å². The zero-order chi connectivity index (χ0) is 17.9. The average Bonchev–Trinajstić information content (AvgIpc) is 2.90. The van der Waals surface area contributed by atoms with E-state index in [1.807, 2.05) is 6.07 Å². The molecule has 1 amide bonds. The summed E-state index contributed by atoms with van der Waals surface area (Å²) in [5, 5.41) is 8.95. The van der Waals surface area contributed by atoms with Crippen molar-refractivity contribution in [3.63, 3.8) is 0 Å². The second-order valence-electron chi connectivity index (χ2n) is 5.38. The molecule has 0 aliphatic rings. The van der Waals surface area contributed by atoms with Gasteiger partial charge in [-0.15, -0.1) is 11.3 Å². The molecule has 126 valence electrons. The summed E-state index contributed by atoms with van der Waals surface area (Å²) in [5.74, 6) is -1.42. The Bertz CT molecular complexity index is 825. The highest BCUT2D eigenvalue weighted by Gasteiger charge is 2.25. The van der Waals surface area contributed by atoms with Crippen molar-refractivity contribution < 1.29 is 18.7 Å². The molecule has 0 bridgehead atoms. The molecule has 24 heavy (non-hydrogen) atoms. The van der Waals surface area contributed by atoms with E-state index in [1.54, 1.807) is 26.1 Å². The van der Waals surface area contributed by atoms with Crippen molar-refractivity contribution in [2.45, 2.75) is 26.4 Å². The summed E-state index contributed by atoms with van der Waals surface area (Å²) >= 11 is 1.14. The first-order valence-corrected chi connectivity index (χ1v) is 8.19. The first-order chi connectivity index (χ1) is 11.4. The maximum atomic E-state index is 13.9. The molecule has 7 heteroatoms. The third-order valence-corrected chi connectivity index (χ3v) is 4.89. The Balaban J connectivity index is 2.15. The molecule has 0 N–H and O–H groups in total. The lowest BCUT2D eigenvalue weighted by molar-refractivity contribution is -0.138. The molecule has 0 radical (unpaired) electrons. The number of aryl methyl sites for hydroxylation is 1. The van der Waals surface area contributed by atoms with Crippen LogP contribution in [0.1, 0.15) is 28.6 Å². The molecule has 5 nitrogen and oxygen atoms in total. The quantitative estimate of drug-likeness (QED) is 0.778. The van der Waals surface area contributed by atoms with Crippen molar-refractivity contribution in [1.82, 2.24) is 4.90 Å². The summed E-state index contributed by atoms with van der Waals surface area (Å²) in [6, 6.07) is 6.61. The largest absolute Gasteiger partial charge is 0.448 e. The molecule has 0 fully saturated rings. The molecule has 1 aromatic carbocycles. The van der Waals surface area contributed by atoms with Gasteiger partial charge in [-0.2, -0.15) is 5.26 Å².